The second-order valence-corrected chi connectivity index (χ2v) is 10.4. The molecule has 4 rings (SSSR count). The van der Waals surface area contributed by atoms with Crippen LogP contribution in [0, 0.1) is 5.82 Å². The number of hydrogen-bond acceptors (Lipinski definition) is 5. The number of anilines is 1. The van der Waals surface area contributed by atoms with E-state index in [0.29, 0.717) is 17.7 Å². The molecular weight excluding hydrogens is 419 g/mol. The van der Waals surface area contributed by atoms with Crippen LogP contribution in [0.3, 0.4) is 0 Å². The van der Waals surface area contributed by atoms with Crippen molar-refractivity contribution < 1.29 is 17.6 Å². The lowest BCUT2D eigenvalue weighted by atomic mass is 10.0. The molecule has 1 aliphatic heterocycles. The van der Waals surface area contributed by atoms with Crippen LogP contribution in [0.2, 0.25) is 0 Å². The Morgan fingerprint density at radius 3 is 2.25 bits per heavy atom. The molecule has 1 aromatic carbocycles. The van der Waals surface area contributed by atoms with Gasteiger partial charge in [0.2, 0.25) is 15.9 Å². The SMILES string of the molecule is O=C1CCc2cc(S(=O)(=O)N(Cc3cccs3)Cc3cccs3)c(F)cc2N1. The Hall–Kier alpha value is -2.07. The fraction of sp³-hybridized carbons (Fsp3) is 0.211. The highest BCUT2D eigenvalue weighted by Crippen LogP contribution is 2.31. The molecule has 0 aliphatic carbocycles. The highest BCUT2D eigenvalue weighted by molar-refractivity contribution is 7.89. The second-order valence-electron chi connectivity index (χ2n) is 6.42. The highest BCUT2D eigenvalue weighted by atomic mass is 32.2. The topological polar surface area (TPSA) is 66.5 Å². The van der Waals surface area contributed by atoms with Crippen molar-refractivity contribution in [3.8, 4) is 0 Å². The van der Waals surface area contributed by atoms with E-state index >= 15 is 0 Å². The molecule has 0 atom stereocenters. The minimum absolute atomic E-state index is 0.172. The van der Waals surface area contributed by atoms with Crippen LogP contribution < -0.4 is 5.32 Å². The Balaban J connectivity index is 1.73. The van der Waals surface area contributed by atoms with E-state index in [0.717, 1.165) is 15.8 Å². The number of thiophene rings is 2. The van der Waals surface area contributed by atoms with Crippen molar-refractivity contribution in [3.05, 3.63) is 68.3 Å². The first-order valence-corrected chi connectivity index (χ1v) is 11.8. The van der Waals surface area contributed by atoms with Gasteiger partial charge in [-0.05, 0) is 47.0 Å². The highest BCUT2D eigenvalue weighted by Gasteiger charge is 2.30. The third-order valence-corrected chi connectivity index (χ3v) is 8.02. The summed E-state index contributed by atoms with van der Waals surface area (Å²) in [5.74, 6) is -1.05. The molecule has 0 spiro atoms. The summed E-state index contributed by atoms with van der Waals surface area (Å²) in [7, 11) is -4.07. The maximum Gasteiger partial charge on any atom is 0.246 e. The maximum atomic E-state index is 14.8. The van der Waals surface area contributed by atoms with Crippen molar-refractivity contribution >= 4 is 44.3 Å². The summed E-state index contributed by atoms with van der Waals surface area (Å²) in [6.45, 7) is 0.344. The Morgan fingerprint density at radius 2 is 1.68 bits per heavy atom. The second kappa shape index (κ2) is 7.75. The number of aryl methyl sites for hydroxylation is 1. The molecule has 9 heteroatoms. The van der Waals surface area contributed by atoms with Gasteiger partial charge in [0.15, 0.2) is 0 Å². The minimum atomic E-state index is -4.07. The molecule has 0 unspecified atom stereocenters. The van der Waals surface area contributed by atoms with Gasteiger partial charge in [0.25, 0.3) is 0 Å². The lowest BCUT2D eigenvalue weighted by Crippen LogP contribution is -2.31. The molecule has 0 bridgehead atoms. The zero-order chi connectivity index (χ0) is 19.7. The molecule has 0 saturated carbocycles. The lowest BCUT2D eigenvalue weighted by molar-refractivity contribution is -0.116. The number of halogens is 1. The van der Waals surface area contributed by atoms with Crippen molar-refractivity contribution in [1.29, 1.82) is 0 Å². The third-order valence-electron chi connectivity index (χ3n) is 4.50. The van der Waals surface area contributed by atoms with Gasteiger partial charge in [-0.15, -0.1) is 22.7 Å². The monoisotopic (exact) mass is 436 g/mol. The van der Waals surface area contributed by atoms with E-state index in [1.54, 1.807) is 0 Å². The first kappa shape index (κ1) is 19.3. The van der Waals surface area contributed by atoms with E-state index in [1.807, 2.05) is 35.0 Å². The van der Waals surface area contributed by atoms with E-state index in [9.17, 15) is 17.6 Å². The Kier molecular flexibility index (Phi) is 5.33. The van der Waals surface area contributed by atoms with Crippen LogP contribution in [0.15, 0.2) is 52.1 Å². The van der Waals surface area contributed by atoms with Gasteiger partial charge in [0.1, 0.15) is 10.7 Å². The number of hydrogen-bond donors (Lipinski definition) is 1. The lowest BCUT2D eigenvalue weighted by Gasteiger charge is -2.23. The van der Waals surface area contributed by atoms with E-state index in [1.165, 1.54) is 33.0 Å². The van der Waals surface area contributed by atoms with Crippen LogP contribution in [0.4, 0.5) is 10.1 Å². The van der Waals surface area contributed by atoms with Gasteiger partial charge in [0.05, 0.1) is 0 Å². The van der Waals surface area contributed by atoms with Crippen molar-refractivity contribution in [2.75, 3.05) is 5.32 Å². The van der Waals surface area contributed by atoms with Gasteiger partial charge < -0.3 is 5.32 Å². The molecule has 3 heterocycles. The largest absolute Gasteiger partial charge is 0.326 e. The molecule has 1 aliphatic rings. The summed E-state index contributed by atoms with van der Waals surface area (Å²) in [4.78, 5) is 12.9. The van der Waals surface area contributed by atoms with Crippen LogP contribution >= 0.6 is 22.7 Å². The molecular formula is C19H17FN2O3S3. The molecule has 1 amide bonds. The Labute approximate surface area is 170 Å². The van der Waals surface area contributed by atoms with Gasteiger partial charge in [-0.3, -0.25) is 4.79 Å². The molecule has 1 N–H and O–H groups in total. The maximum absolute atomic E-state index is 14.8. The fourth-order valence-electron chi connectivity index (χ4n) is 3.09. The molecule has 0 saturated heterocycles. The predicted octanol–water partition coefficient (Wildman–Crippen LogP) is 4.22. The molecule has 3 aromatic rings. The minimum Gasteiger partial charge on any atom is -0.326 e. The number of amides is 1. The van der Waals surface area contributed by atoms with Crippen molar-refractivity contribution in [1.82, 2.24) is 4.31 Å². The summed E-state index contributed by atoms with van der Waals surface area (Å²) < 4.78 is 42.8. The third kappa shape index (κ3) is 3.88. The molecule has 5 nitrogen and oxygen atoms in total. The summed E-state index contributed by atoms with van der Waals surface area (Å²) in [5.41, 5.74) is 0.975. The van der Waals surface area contributed by atoms with Crippen molar-refractivity contribution in [2.24, 2.45) is 0 Å². The van der Waals surface area contributed by atoms with Crippen molar-refractivity contribution in [3.63, 3.8) is 0 Å². The van der Waals surface area contributed by atoms with E-state index < -0.39 is 15.8 Å². The number of carbonyl (C=O) groups excluding carboxylic acids is 1. The van der Waals surface area contributed by atoms with Crippen LogP contribution in [0.25, 0.3) is 0 Å². The quantitative estimate of drug-likeness (QED) is 0.629. The van der Waals surface area contributed by atoms with Gasteiger partial charge in [-0.2, -0.15) is 4.31 Å². The van der Waals surface area contributed by atoms with E-state index in [4.69, 9.17) is 0 Å². The average Bonchev–Trinajstić information content (AvgIpc) is 3.34. The van der Waals surface area contributed by atoms with Crippen LogP contribution in [-0.4, -0.2) is 18.6 Å². The van der Waals surface area contributed by atoms with Gasteiger partial charge in [0, 0.05) is 35.0 Å². The average molecular weight is 437 g/mol. The van der Waals surface area contributed by atoms with Crippen molar-refractivity contribution in [2.45, 2.75) is 30.8 Å². The number of nitrogens with zero attached hydrogens (tertiary/aromatic N) is 1. The molecule has 2 aromatic heterocycles. The first-order valence-electron chi connectivity index (χ1n) is 8.60. The number of rotatable bonds is 6. The molecule has 146 valence electrons. The van der Waals surface area contributed by atoms with E-state index in [2.05, 4.69) is 5.32 Å². The van der Waals surface area contributed by atoms with Gasteiger partial charge in [-0.25, -0.2) is 12.8 Å². The molecule has 0 fully saturated rings. The number of benzene rings is 1. The number of carbonyl (C=O) groups is 1. The smallest absolute Gasteiger partial charge is 0.246 e. The van der Waals surface area contributed by atoms with Crippen LogP contribution in [0.5, 0.6) is 0 Å². The summed E-state index contributed by atoms with van der Waals surface area (Å²) in [6.07, 6.45) is 0.645. The van der Waals surface area contributed by atoms with E-state index in [-0.39, 0.29) is 30.3 Å². The number of sulfonamides is 1. The summed E-state index contributed by atoms with van der Waals surface area (Å²) >= 11 is 2.92. The standard InChI is InChI=1S/C19H17FN2O3S3/c20-16-10-17-13(5-6-19(23)21-17)9-18(16)28(24,25)22(11-14-3-1-7-26-14)12-15-4-2-8-27-15/h1-4,7-10H,5-6,11-12H2,(H,21,23). The van der Waals surface area contributed by atoms with Gasteiger partial charge in [-0.1, -0.05) is 12.1 Å². The normalized spacial score (nSPS) is 14.1. The van der Waals surface area contributed by atoms with Gasteiger partial charge >= 0.3 is 0 Å². The molecule has 28 heavy (non-hydrogen) atoms. The number of nitrogens with one attached hydrogen (secondary N) is 1. The number of fused-ring (bicyclic) bond motifs is 1. The van der Waals surface area contributed by atoms with Crippen LogP contribution in [0.1, 0.15) is 21.7 Å². The first-order chi connectivity index (χ1) is 13.4. The van der Waals surface area contributed by atoms with Crippen LogP contribution in [-0.2, 0) is 34.3 Å². The Bertz CT molecular complexity index is 1060. The predicted molar refractivity (Wildman–Crippen MR) is 108 cm³/mol. The summed E-state index contributed by atoms with van der Waals surface area (Å²) in [5, 5.41) is 6.36. The zero-order valence-corrected chi connectivity index (χ0v) is 17.2. The zero-order valence-electron chi connectivity index (χ0n) is 14.7. The Morgan fingerprint density at radius 1 is 1.04 bits per heavy atom. The summed E-state index contributed by atoms with van der Waals surface area (Å²) in [6, 6.07) is 9.90. The fourth-order valence-corrected chi connectivity index (χ4v) is 6.19. The molecule has 0 radical (unpaired) electrons.